The highest BCUT2D eigenvalue weighted by Gasteiger charge is 2.33. The van der Waals surface area contributed by atoms with E-state index in [9.17, 15) is 0 Å². The van der Waals surface area contributed by atoms with Crippen LogP contribution in [-0.2, 0) is 6.54 Å². The Kier molecular flexibility index (Phi) is 4.69. The van der Waals surface area contributed by atoms with Gasteiger partial charge in [0.15, 0.2) is 0 Å². The Labute approximate surface area is 117 Å². The highest BCUT2D eigenvalue weighted by molar-refractivity contribution is 5.00. The van der Waals surface area contributed by atoms with E-state index in [1.807, 2.05) is 6.07 Å². The van der Waals surface area contributed by atoms with Gasteiger partial charge in [-0.25, -0.2) is 0 Å². The molecule has 0 amide bonds. The maximum Gasteiger partial charge on any atom is 0.117 e. The number of rotatable bonds is 8. The van der Waals surface area contributed by atoms with Crippen LogP contribution in [0, 0.1) is 5.41 Å². The van der Waals surface area contributed by atoms with E-state index in [2.05, 4.69) is 44.0 Å². The lowest BCUT2D eigenvalue weighted by Crippen LogP contribution is -2.42. The summed E-state index contributed by atoms with van der Waals surface area (Å²) in [5.41, 5.74) is 0.291. The van der Waals surface area contributed by atoms with Gasteiger partial charge in [-0.2, -0.15) is 0 Å². The zero-order valence-corrected chi connectivity index (χ0v) is 12.8. The summed E-state index contributed by atoms with van der Waals surface area (Å²) in [6.45, 7) is 12.2. The smallest absolute Gasteiger partial charge is 0.117 e. The molecular weight excluding hydrogens is 236 g/mol. The first-order valence-corrected chi connectivity index (χ1v) is 7.46. The third-order valence-electron chi connectivity index (χ3n) is 3.62. The molecule has 0 atom stereocenters. The molecule has 0 bridgehead atoms. The van der Waals surface area contributed by atoms with Gasteiger partial charge in [0.25, 0.3) is 0 Å². The van der Waals surface area contributed by atoms with Gasteiger partial charge in [0.05, 0.1) is 12.8 Å². The maximum atomic E-state index is 5.50. The Balaban J connectivity index is 1.88. The predicted octanol–water partition coefficient (Wildman–Crippen LogP) is 3.27. The average molecular weight is 264 g/mol. The van der Waals surface area contributed by atoms with Crippen molar-refractivity contribution in [2.45, 2.75) is 59.2 Å². The van der Waals surface area contributed by atoms with Gasteiger partial charge in [-0.05, 0) is 30.4 Å². The molecular formula is C16H28N2O. The van der Waals surface area contributed by atoms with Crippen LogP contribution in [0.1, 0.15) is 46.3 Å². The van der Waals surface area contributed by atoms with Crippen molar-refractivity contribution in [1.82, 2.24) is 10.2 Å². The van der Waals surface area contributed by atoms with Crippen molar-refractivity contribution in [3.8, 4) is 0 Å². The fourth-order valence-corrected chi connectivity index (χ4v) is 2.44. The fraction of sp³-hybridized carbons (Fsp3) is 0.750. The minimum Gasteiger partial charge on any atom is -0.468 e. The number of hydrogen-bond acceptors (Lipinski definition) is 3. The van der Waals surface area contributed by atoms with Crippen LogP contribution < -0.4 is 5.32 Å². The summed E-state index contributed by atoms with van der Waals surface area (Å²) >= 11 is 0. The van der Waals surface area contributed by atoms with Gasteiger partial charge in [0.1, 0.15) is 5.76 Å². The van der Waals surface area contributed by atoms with Crippen LogP contribution in [0.2, 0.25) is 0 Å². The van der Waals surface area contributed by atoms with Crippen molar-refractivity contribution < 1.29 is 4.42 Å². The zero-order chi connectivity index (χ0) is 13.9. The molecule has 1 aliphatic rings. The van der Waals surface area contributed by atoms with Gasteiger partial charge < -0.3 is 9.73 Å². The molecule has 1 fully saturated rings. The molecule has 2 rings (SSSR count). The molecule has 1 aliphatic carbocycles. The van der Waals surface area contributed by atoms with Crippen LogP contribution >= 0.6 is 0 Å². The SMILES string of the molecule is CC(C)NCC(C)(C)CN(Cc1ccco1)C1CC1. The Morgan fingerprint density at radius 2 is 2.16 bits per heavy atom. The molecule has 108 valence electrons. The van der Waals surface area contributed by atoms with E-state index in [-0.39, 0.29) is 0 Å². The monoisotopic (exact) mass is 264 g/mol. The Morgan fingerprint density at radius 1 is 1.42 bits per heavy atom. The lowest BCUT2D eigenvalue weighted by Gasteiger charge is -2.33. The first-order valence-electron chi connectivity index (χ1n) is 7.46. The van der Waals surface area contributed by atoms with E-state index in [4.69, 9.17) is 4.42 Å². The summed E-state index contributed by atoms with van der Waals surface area (Å²) in [6, 6.07) is 5.38. The van der Waals surface area contributed by atoms with E-state index in [0.717, 1.165) is 31.4 Å². The van der Waals surface area contributed by atoms with Crippen molar-refractivity contribution in [2.24, 2.45) is 5.41 Å². The molecule has 1 saturated carbocycles. The lowest BCUT2D eigenvalue weighted by atomic mass is 9.92. The summed E-state index contributed by atoms with van der Waals surface area (Å²) in [7, 11) is 0. The molecule has 0 unspecified atom stereocenters. The number of furan rings is 1. The molecule has 0 spiro atoms. The van der Waals surface area contributed by atoms with Crippen molar-refractivity contribution in [3.05, 3.63) is 24.2 Å². The van der Waals surface area contributed by atoms with E-state index >= 15 is 0 Å². The topological polar surface area (TPSA) is 28.4 Å². The third kappa shape index (κ3) is 5.00. The van der Waals surface area contributed by atoms with E-state index in [0.29, 0.717) is 11.5 Å². The van der Waals surface area contributed by atoms with Crippen LogP contribution in [0.5, 0.6) is 0 Å². The Morgan fingerprint density at radius 3 is 2.68 bits per heavy atom. The van der Waals surface area contributed by atoms with Gasteiger partial charge in [0.2, 0.25) is 0 Å². The van der Waals surface area contributed by atoms with Crippen molar-refractivity contribution in [2.75, 3.05) is 13.1 Å². The molecule has 1 N–H and O–H groups in total. The lowest BCUT2D eigenvalue weighted by molar-refractivity contribution is 0.148. The second-order valence-corrected chi connectivity index (χ2v) is 6.92. The molecule has 1 heterocycles. The van der Waals surface area contributed by atoms with Gasteiger partial charge in [-0.3, -0.25) is 4.90 Å². The summed E-state index contributed by atoms with van der Waals surface area (Å²) < 4.78 is 5.50. The number of hydrogen-bond donors (Lipinski definition) is 1. The van der Waals surface area contributed by atoms with E-state index in [1.54, 1.807) is 6.26 Å². The standard InChI is InChI=1S/C16H28N2O/c1-13(2)17-11-16(3,4)12-18(14-7-8-14)10-15-6-5-9-19-15/h5-6,9,13-14,17H,7-8,10-12H2,1-4H3. The fourth-order valence-electron chi connectivity index (χ4n) is 2.44. The summed E-state index contributed by atoms with van der Waals surface area (Å²) in [5, 5.41) is 3.56. The molecule has 0 aliphatic heterocycles. The van der Waals surface area contributed by atoms with E-state index in [1.165, 1.54) is 12.8 Å². The second kappa shape index (κ2) is 6.10. The van der Waals surface area contributed by atoms with Crippen LogP contribution in [0.25, 0.3) is 0 Å². The highest BCUT2D eigenvalue weighted by Crippen LogP contribution is 2.31. The second-order valence-electron chi connectivity index (χ2n) is 6.92. The summed E-state index contributed by atoms with van der Waals surface area (Å²) in [4.78, 5) is 2.58. The number of nitrogens with zero attached hydrogens (tertiary/aromatic N) is 1. The molecule has 0 radical (unpaired) electrons. The van der Waals surface area contributed by atoms with Crippen LogP contribution in [0.15, 0.2) is 22.8 Å². The van der Waals surface area contributed by atoms with Crippen molar-refractivity contribution in [1.29, 1.82) is 0 Å². The molecule has 1 aromatic rings. The molecule has 0 aromatic carbocycles. The van der Waals surface area contributed by atoms with Crippen molar-refractivity contribution in [3.63, 3.8) is 0 Å². The largest absolute Gasteiger partial charge is 0.468 e. The zero-order valence-electron chi connectivity index (χ0n) is 12.8. The first kappa shape index (κ1) is 14.6. The maximum absolute atomic E-state index is 5.50. The minimum absolute atomic E-state index is 0.291. The van der Waals surface area contributed by atoms with E-state index < -0.39 is 0 Å². The van der Waals surface area contributed by atoms with Crippen LogP contribution in [0.3, 0.4) is 0 Å². The average Bonchev–Trinajstić information content (AvgIpc) is 3.05. The van der Waals surface area contributed by atoms with Gasteiger partial charge in [0, 0.05) is 25.2 Å². The van der Waals surface area contributed by atoms with Gasteiger partial charge in [-0.1, -0.05) is 27.7 Å². The quantitative estimate of drug-likeness (QED) is 0.781. The number of nitrogens with one attached hydrogen (secondary N) is 1. The predicted molar refractivity (Wildman–Crippen MR) is 79.1 cm³/mol. The molecule has 3 heteroatoms. The molecule has 19 heavy (non-hydrogen) atoms. The Bertz CT molecular complexity index is 366. The highest BCUT2D eigenvalue weighted by atomic mass is 16.3. The molecule has 3 nitrogen and oxygen atoms in total. The summed E-state index contributed by atoms with van der Waals surface area (Å²) in [6.07, 6.45) is 4.45. The van der Waals surface area contributed by atoms with Crippen molar-refractivity contribution >= 4 is 0 Å². The molecule has 1 aromatic heterocycles. The Hall–Kier alpha value is -0.800. The summed E-state index contributed by atoms with van der Waals surface area (Å²) in [5.74, 6) is 1.08. The minimum atomic E-state index is 0.291. The first-order chi connectivity index (χ1) is 8.96. The van der Waals surface area contributed by atoms with Gasteiger partial charge >= 0.3 is 0 Å². The van der Waals surface area contributed by atoms with Gasteiger partial charge in [-0.15, -0.1) is 0 Å². The normalized spacial score (nSPS) is 16.5. The molecule has 0 saturated heterocycles. The van der Waals surface area contributed by atoms with Crippen LogP contribution in [-0.4, -0.2) is 30.1 Å². The third-order valence-corrected chi connectivity index (χ3v) is 3.62. The van der Waals surface area contributed by atoms with Crippen LogP contribution in [0.4, 0.5) is 0 Å².